The molecule has 0 spiro atoms. The van der Waals surface area contributed by atoms with Crippen LogP contribution in [0.3, 0.4) is 0 Å². The maximum absolute atomic E-state index is 6.04. The first-order chi connectivity index (χ1) is 12.8. The molecule has 0 amide bonds. The summed E-state index contributed by atoms with van der Waals surface area (Å²) in [6.45, 7) is 9.77. The van der Waals surface area contributed by atoms with Crippen LogP contribution in [0.15, 0.2) is 48.5 Å². The van der Waals surface area contributed by atoms with Gasteiger partial charge in [-0.05, 0) is 36.6 Å². The van der Waals surface area contributed by atoms with Crippen LogP contribution in [0.5, 0.6) is 11.5 Å². The molecule has 1 N–H and O–H groups in total. The van der Waals surface area contributed by atoms with Gasteiger partial charge in [-0.1, -0.05) is 43.3 Å². The van der Waals surface area contributed by atoms with Crippen LogP contribution in [0.25, 0.3) is 0 Å². The van der Waals surface area contributed by atoms with Crippen LogP contribution >= 0.6 is 24.8 Å². The lowest BCUT2D eigenvalue weighted by atomic mass is 10.0. The van der Waals surface area contributed by atoms with Gasteiger partial charge in [-0.3, -0.25) is 4.90 Å². The average Bonchev–Trinajstić information content (AvgIpc) is 2.70. The lowest BCUT2D eigenvalue weighted by molar-refractivity contribution is 0.169. The summed E-state index contributed by atoms with van der Waals surface area (Å²) in [5.74, 6) is 1.66. The molecule has 2 aromatic carbocycles. The molecule has 0 radical (unpaired) electrons. The number of rotatable bonds is 8. The molecule has 28 heavy (non-hydrogen) atoms. The van der Waals surface area contributed by atoms with E-state index in [9.17, 15) is 0 Å². The molecule has 0 saturated carbocycles. The van der Waals surface area contributed by atoms with Gasteiger partial charge < -0.3 is 14.8 Å². The number of halogens is 2. The first-order valence-corrected chi connectivity index (χ1v) is 9.70. The van der Waals surface area contributed by atoms with E-state index in [1.807, 2.05) is 25.1 Å². The minimum absolute atomic E-state index is 0. The number of nitrogens with zero attached hydrogens (tertiary/aromatic N) is 1. The summed E-state index contributed by atoms with van der Waals surface area (Å²) < 4.78 is 11.9. The van der Waals surface area contributed by atoms with E-state index >= 15 is 0 Å². The summed E-state index contributed by atoms with van der Waals surface area (Å²) >= 11 is 0. The third kappa shape index (κ3) is 6.56. The molecule has 0 aliphatic carbocycles. The van der Waals surface area contributed by atoms with Gasteiger partial charge in [-0.2, -0.15) is 0 Å². The fourth-order valence-electron chi connectivity index (χ4n) is 3.55. The van der Waals surface area contributed by atoms with Crippen molar-refractivity contribution in [3.8, 4) is 11.5 Å². The Morgan fingerprint density at radius 2 is 1.64 bits per heavy atom. The van der Waals surface area contributed by atoms with Gasteiger partial charge in [0.25, 0.3) is 0 Å². The van der Waals surface area contributed by atoms with E-state index in [0.29, 0.717) is 19.3 Å². The first-order valence-electron chi connectivity index (χ1n) is 9.70. The minimum atomic E-state index is 0. The molecule has 1 heterocycles. The molecular weight excluding hydrogens is 395 g/mol. The van der Waals surface area contributed by atoms with Crippen molar-refractivity contribution in [2.24, 2.45) is 0 Å². The van der Waals surface area contributed by atoms with Crippen molar-refractivity contribution >= 4 is 24.8 Å². The van der Waals surface area contributed by atoms with Crippen LogP contribution in [0, 0.1) is 0 Å². The smallest absolute Gasteiger partial charge is 0.161 e. The molecule has 1 aliphatic heterocycles. The van der Waals surface area contributed by atoms with Gasteiger partial charge >= 0.3 is 0 Å². The van der Waals surface area contributed by atoms with Crippen molar-refractivity contribution in [2.45, 2.75) is 32.9 Å². The second-order valence-corrected chi connectivity index (χ2v) is 6.62. The van der Waals surface area contributed by atoms with E-state index in [1.165, 1.54) is 5.56 Å². The van der Waals surface area contributed by atoms with Crippen molar-refractivity contribution < 1.29 is 9.47 Å². The Hall–Kier alpha value is -1.46. The van der Waals surface area contributed by atoms with E-state index in [4.69, 9.17) is 9.47 Å². The Balaban J connectivity index is 0.00000196. The predicted octanol–water partition coefficient (Wildman–Crippen LogP) is 4.86. The third-order valence-electron chi connectivity index (χ3n) is 4.87. The number of piperazine rings is 1. The zero-order valence-corrected chi connectivity index (χ0v) is 18.4. The van der Waals surface area contributed by atoms with Crippen molar-refractivity contribution in [1.29, 1.82) is 0 Å². The highest BCUT2D eigenvalue weighted by atomic mass is 35.5. The highest BCUT2D eigenvalue weighted by molar-refractivity contribution is 5.85. The van der Waals surface area contributed by atoms with Gasteiger partial charge in [-0.25, -0.2) is 0 Å². The summed E-state index contributed by atoms with van der Waals surface area (Å²) in [6.07, 6.45) is 1.09. The molecule has 1 aliphatic rings. The van der Waals surface area contributed by atoms with E-state index in [0.717, 1.165) is 49.7 Å². The molecule has 6 heteroatoms. The van der Waals surface area contributed by atoms with Gasteiger partial charge in [0.1, 0.15) is 6.61 Å². The molecule has 2 aromatic rings. The van der Waals surface area contributed by atoms with Crippen molar-refractivity contribution in [3.05, 3.63) is 59.7 Å². The van der Waals surface area contributed by atoms with Crippen LogP contribution in [0.4, 0.5) is 0 Å². The molecule has 1 fully saturated rings. The summed E-state index contributed by atoms with van der Waals surface area (Å²) in [7, 11) is 0. The van der Waals surface area contributed by atoms with Crippen LogP contribution in [0.2, 0.25) is 0 Å². The summed E-state index contributed by atoms with van der Waals surface area (Å²) in [5.41, 5.74) is 2.47. The fraction of sp³-hybridized carbons (Fsp3) is 0.455. The van der Waals surface area contributed by atoms with Crippen molar-refractivity contribution in [3.63, 3.8) is 0 Å². The summed E-state index contributed by atoms with van der Waals surface area (Å²) in [5, 5.41) is 3.43. The number of hydrogen-bond donors (Lipinski definition) is 1. The average molecular weight is 427 g/mol. The molecule has 156 valence electrons. The van der Waals surface area contributed by atoms with Gasteiger partial charge in [0.2, 0.25) is 0 Å². The normalized spacial score (nSPS) is 15.1. The highest BCUT2D eigenvalue weighted by Gasteiger charge is 2.21. The van der Waals surface area contributed by atoms with Gasteiger partial charge in [0, 0.05) is 32.2 Å². The van der Waals surface area contributed by atoms with Gasteiger partial charge in [0.05, 0.1) is 6.61 Å². The molecule has 0 unspecified atom stereocenters. The van der Waals surface area contributed by atoms with E-state index in [-0.39, 0.29) is 24.8 Å². The Kier molecular flexibility index (Phi) is 11.3. The van der Waals surface area contributed by atoms with Crippen molar-refractivity contribution in [1.82, 2.24) is 10.2 Å². The number of nitrogens with one attached hydrogen (secondary N) is 1. The van der Waals surface area contributed by atoms with Crippen LogP contribution in [0.1, 0.15) is 37.4 Å². The maximum atomic E-state index is 6.04. The SMILES string of the molecule is CCOc1cc([C@H](CC)N2CCNCC2)ccc1OCc1ccccc1.Cl.Cl. The summed E-state index contributed by atoms with van der Waals surface area (Å²) in [6, 6.07) is 17.1. The minimum Gasteiger partial charge on any atom is -0.490 e. The Morgan fingerprint density at radius 1 is 0.929 bits per heavy atom. The third-order valence-corrected chi connectivity index (χ3v) is 4.87. The fourth-order valence-corrected chi connectivity index (χ4v) is 3.55. The second kappa shape index (κ2) is 12.9. The van der Waals surface area contributed by atoms with Crippen LogP contribution in [-0.4, -0.2) is 37.7 Å². The monoisotopic (exact) mass is 426 g/mol. The maximum Gasteiger partial charge on any atom is 0.161 e. The lowest BCUT2D eigenvalue weighted by Crippen LogP contribution is -2.45. The van der Waals surface area contributed by atoms with E-state index < -0.39 is 0 Å². The lowest BCUT2D eigenvalue weighted by Gasteiger charge is -2.35. The van der Waals surface area contributed by atoms with E-state index in [1.54, 1.807) is 0 Å². The quantitative estimate of drug-likeness (QED) is 0.652. The van der Waals surface area contributed by atoms with Crippen molar-refractivity contribution in [2.75, 3.05) is 32.8 Å². The largest absolute Gasteiger partial charge is 0.490 e. The molecule has 1 atom stereocenters. The number of ether oxygens (including phenoxy) is 2. The Bertz CT molecular complexity index is 679. The van der Waals surface area contributed by atoms with Crippen LogP contribution < -0.4 is 14.8 Å². The standard InChI is InChI=1S/C22H30N2O2.2ClH/c1-3-20(24-14-12-23-13-15-24)19-10-11-21(22(16-19)25-4-2)26-17-18-8-6-5-7-9-18;;/h5-11,16,20,23H,3-4,12-15,17H2,1-2H3;2*1H/t20-;;/m0../s1. The van der Waals surface area contributed by atoms with Gasteiger partial charge in [-0.15, -0.1) is 24.8 Å². The highest BCUT2D eigenvalue weighted by Crippen LogP contribution is 2.34. The Labute approximate surface area is 181 Å². The second-order valence-electron chi connectivity index (χ2n) is 6.62. The van der Waals surface area contributed by atoms with E-state index in [2.05, 4.69) is 47.5 Å². The summed E-state index contributed by atoms with van der Waals surface area (Å²) in [4.78, 5) is 2.56. The number of benzene rings is 2. The molecule has 4 nitrogen and oxygen atoms in total. The molecule has 1 saturated heterocycles. The first kappa shape index (κ1) is 24.6. The zero-order chi connectivity index (χ0) is 18.2. The predicted molar refractivity (Wildman–Crippen MR) is 120 cm³/mol. The van der Waals surface area contributed by atoms with Crippen LogP contribution in [-0.2, 0) is 6.61 Å². The molecular formula is C22H32Cl2N2O2. The number of hydrogen-bond acceptors (Lipinski definition) is 4. The Morgan fingerprint density at radius 3 is 2.29 bits per heavy atom. The van der Waals surface area contributed by atoms with Gasteiger partial charge in [0.15, 0.2) is 11.5 Å². The molecule has 0 bridgehead atoms. The topological polar surface area (TPSA) is 33.7 Å². The zero-order valence-electron chi connectivity index (χ0n) is 16.7. The molecule has 3 rings (SSSR count). The molecule has 0 aromatic heterocycles.